The summed E-state index contributed by atoms with van der Waals surface area (Å²) >= 11 is 4.96. The fourth-order valence-electron chi connectivity index (χ4n) is 1.87. The molecule has 1 aromatic carbocycles. The third-order valence-corrected chi connectivity index (χ3v) is 4.63. The molecule has 1 aromatic rings. The minimum Gasteiger partial charge on any atom is -0.395 e. The Morgan fingerprint density at radius 3 is 2.67 bits per heavy atom. The molecule has 5 heteroatoms. The lowest BCUT2D eigenvalue weighted by molar-refractivity contribution is 0.271. The number of halogens is 2. The number of nitrogens with one attached hydrogen (secondary N) is 1. The molecule has 102 valence electrons. The lowest BCUT2D eigenvalue weighted by Gasteiger charge is -2.26. The standard InChI is InChI=1S/C13H19BrFNOS/c1-8(16-9(2)13(7-17)18-3)11-6-10(14)4-5-12(11)15/h4-6,8-9,13,16-17H,7H2,1-3H3. The first-order valence-electron chi connectivity index (χ1n) is 5.84. The molecule has 0 fully saturated rings. The molecule has 0 saturated carbocycles. The van der Waals surface area contributed by atoms with Crippen molar-refractivity contribution in [1.82, 2.24) is 5.32 Å². The first-order chi connectivity index (χ1) is 8.49. The van der Waals surface area contributed by atoms with Gasteiger partial charge in [-0.1, -0.05) is 15.9 Å². The van der Waals surface area contributed by atoms with E-state index in [4.69, 9.17) is 0 Å². The van der Waals surface area contributed by atoms with Crippen LogP contribution in [-0.4, -0.2) is 29.3 Å². The van der Waals surface area contributed by atoms with Crippen molar-refractivity contribution in [1.29, 1.82) is 0 Å². The molecule has 0 aliphatic carbocycles. The Bertz CT molecular complexity index is 387. The molecule has 0 saturated heterocycles. The Kier molecular flexibility index (Phi) is 6.63. The zero-order valence-electron chi connectivity index (χ0n) is 10.8. The second-order valence-corrected chi connectivity index (χ2v) is 6.29. The smallest absolute Gasteiger partial charge is 0.128 e. The SMILES string of the molecule is CSC(CO)C(C)NC(C)c1cc(Br)ccc1F. The lowest BCUT2D eigenvalue weighted by atomic mass is 10.1. The van der Waals surface area contributed by atoms with E-state index in [2.05, 4.69) is 21.2 Å². The van der Waals surface area contributed by atoms with Gasteiger partial charge in [-0.2, -0.15) is 11.8 Å². The summed E-state index contributed by atoms with van der Waals surface area (Å²) < 4.78 is 14.6. The molecular weight excluding hydrogens is 317 g/mol. The van der Waals surface area contributed by atoms with Gasteiger partial charge >= 0.3 is 0 Å². The summed E-state index contributed by atoms with van der Waals surface area (Å²) in [4.78, 5) is 0. The van der Waals surface area contributed by atoms with Crippen LogP contribution in [0, 0.1) is 5.82 Å². The second-order valence-electron chi connectivity index (χ2n) is 4.30. The molecule has 0 amide bonds. The van der Waals surface area contributed by atoms with E-state index in [0.717, 1.165) is 4.47 Å². The Balaban J connectivity index is 2.75. The van der Waals surface area contributed by atoms with E-state index in [0.29, 0.717) is 5.56 Å². The van der Waals surface area contributed by atoms with Crippen molar-refractivity contribution in [2.45, 2.75) is 31.2 Å². The Morgan fingerprint density at radius 2 is 2.11 bits per heavy atom. The van der Waals surface area contributed by atoms with Gasteiger partial charge in [0.05, 0.1) is 6.61 Å². The highest BCUT2D eigenvalue weighted by molar-refractivity contribution is 9.10. The van der Waals surface area contributed by atoms with E-state index in [9.17, 15) is 9.50 Å². The maximum absolute atomic E-state index is 13.7. The molecule has 3 unspecified atom stereocenters. The Labute approximate surface area is 120 Å². The topological polar surface area (TPSA) is 32.3 Å². The van der Waals surface area contributed by atoms with Crippen LogP contribution in [-0.2, 0) is 0 Å². The third kappa shape index (κ3) is 4.23. The normalized spacial score (nSPS) is 16.3. The van der Waals surface area contributed by atoms with Crippen LogP contribution >= 0.6 is 27.7 Å². The number of hydrogen-bond acceptors (Lipinski definition) is 3. The van der Waals surface area contributed by atoms with Crippen LogP contribution in [0.25, 0.3) is 0 Å². The number of benzene rings is 1. The van der Waals surface area contributed by atoms with E-state index in [1.54, 1.807) is 23.9 Å². The van der Waals surface area contributed by atoms with Crippen LogP contribution in [0.1, 0.15) is 25.5 Å². The van der Waals surface area contributed by atoms with Crippen molar-refractivity contribution in [3.8, 4) is 0 Å². The van der Waals surface area contributed by atoms with Crippen molar-refractivity contribution in [2.75, 3.05) is 12.9 Å². The summed E-state index contributed by atoms with van der Waals surface area (Å²) in [6.07, 6.45) is 1.96. The van der Waals surface area contributed by atoms with Gasteiger partial charge in [-0.05, 0) is 38.3 Å². The van der Waals surface area contributed by atoms with Gasteiger partial charge in [-0.15, -0.1) is 0 Å². The van der Waals surface area contributed by atoms with Crippen LogP contribution in [0.3, 0.4) is 0 Å². The summed E-state index contributed by atoms with van der Waals surface area (Å²) in [6, 6.07) is 4.94. The first kappa shape index (κ1) is 16.0. The van der Waals surface area contributed by atoms with Crippen LogP contribution in [0.4, 0.5) is 4.39 Å². The van der Waals surface area contributed by atoms with Crippen molar-refractivity contribution < 1.29 is 9.50 Å². The van der Waals surface area contributed by atoms with Gasteiger partial charge in [0.15, 0.2) is 0 Å². The van der Waals surface area contributed by atoms with Crippen molar-refractivity contribution in [3.63, 3.8) is 0 Å². The van der Waals surface area contributed by atoms with Crippen LogP contribution in [0.5, 0.6) is 0 Å². The fourth-order valence-corrected chi connectivity index (χ4v) is 2.89. The van der Waals surface area contributed by atoms with Crippen LogP contribution in [0.15, 0.2) is 22.7 Å². The molecule has 0 bridgehead atoms. The van der Waals surface area contributed by atoms with Gasteiger partial charge in [-0.25, -0.2) is 4.39 Å². The minimum absolute atomic E-state index is 0.0984. The first-order valence-corrected chi connectivity index (χ1v) is 7.92. The monoisotopic (exact) mass is 335 g/mol. The zero-order chi connectivity index (χ0) is 13.7. The number of aliphatic hydroxyl groups is 1. The van der Waals surface area contributed by atoms with Gasteiger partial charge in [0.1, 0.15) is 5.82 Å². The van der Waals surface area contributed by atoms with Crippen molar-refractivity contribution in [2.24, 2.45) is 0 Å². The van der Waals surface area contributed by atoms with Gasteiger partial charge in [0.2, 0.25) is 0 Å². The highest BCUT2D eigenvalue weighted by Crippen LogP contribution is 2.23. The summed E-state index contributed by atoms with van der Waals surface area (Å²) in [5.41, 5.74) is 0.633. The van der Waals surface area contributed by atoms with E-state index >= 15 is 0 Å². The van der Waals surface area contributed by atoms with E-state index < -0.39 is 0 Å². The maximum Gasteiger partial charge on any atom is 0.128 e. The minimum atomic E-state index is -0.213. The van der Waals surface area contributed by atoms with E-state index in [-0.39, 0.29) is 29.8 Å². The largest absolute Gasteiger partial charge is 0.395 e. The fraction of sp³-hybridized carbons (Fsp3) is 0.538. The molecular formula is C13H19BrFNOS. The number of aliphatic hydroxyl groups excluding tert-OH is 1. The number of hydrogen-bond donors (Lipinski definition) is 2. The Morgan fingerprint density at radius 1 is 1.44 bits per heavy atom. The van der Waals surface area contributed by atoms with Crippen LogP contribution in [0.2, 0.25) is 0 Å². The van der Waals surface area contributed by atoms with E-state index in [1.165, 1.54) is 6.07 Å². The highest BCUT2D eigenvalue weighted by Gasteiger charge is 2.19. The molecule has 18 heavy (non-hydrogen) atoms. The summed E-state index contributed by atoms with van der Waals surface area (Å²) in [7, 11) is 0. The molecule has 1 rings (SSSR count). The molecule has 0 aliphatic rings. The lowest BCUT2D eigenvalue weighted by Crippen LogP contribution is -2.39. The van der Waals surface area contributed by atoms with Gasteiger partial charge < -0.3 is 10.4 Å². The molecule has 0 heterocycles. The molecule has 3 atom stereocenters. The van der Waals surface area contributed by atoms with Gasteiger partial charge in [-0.3, -0.25) is 0 Å². The average Bonchev–Trinajstić information content (AvgIpc) is 2.33. The predicted molar refractivity (Wildman–Crippen MR) is 79.5 cm³/mol. The quantitative estimate of drug-likeness (QED) is 0.836. The molecule has 0 spiro atoms. The van der Waals surface area contributed by atoms with Crippen molar-refractivity contribution in [3.05, 3.63) is 34.1 Å². The summed E-state index contributed by atoms with van der Waals surface area (Å²) in [5.74, 6) is -0.213. The highest BCUT2D eigenvalue weighted by atomic mass is 79.9. The number of rotatable bonds is 6. The zero-order valence-corrected chi connectivity index (χ0v) is 13.2. The van der Waals surface area contributed by atoms with Crippen molar-refractivity contribution >= 4 is 27.7 Å². The summed E-state index contributed by atoms with van der Waals surface area (Å²) in [5, 5.41) is 12.7. The predicted octanol–water partition coefficient (Wildman–Crippen LogP) is 3.35. The molecule has 0 radical (unpaired) electrons. The van der Waals surface area contributed by atoms with E-state index in [1.807, 2.05) is 20.1 Å². The number of thioether (sulfide) groups is 1. The van der Waals surface area contributed by atoms with Gasteiger partial charge in [0, 0.05) is 27.4 Å². The molecule has 2 N–H and O–H groups in total. The summed E-state index contributed by atoms with van der Waals surface area (Å²) in [6.45, 7) is 4.04. The van der Waals surface area contributed by atoms with Gasteiger partial charge in [0.25, 0.3) is 0 Å². The average molecular weight is 336 g/mol. The maximum atomic E-state index is 13.7. The molecule has 0 aliphatic heterocycles. The Hall–Kier alpha value is -0.100. The molecule has 0 aromatic heterocycles. The second kappa shape index (κ2) is 7.48. The van der Waals surface area contributed by atoms with Crippen LogP contribution < -0.4 is 5.32 Å². The molecule has 2 nitrogen and oxygen atoms in total. The third-order valence-electron chi connectivity index (χ3n) is 2.98.